The topological polar surface area (TPSA) is 60.2 Å². The average Bonchev–Trinajstić information content (AvgIpc) is 3.30. The molecule has 4 rings (SSSR count). The van der Waals surface area contributed by atoms with E-state index in [2.05, 4.69) is 38.6 Å². The van der Waals surface area contributed by atoms with Crippen molar-refractivity contribution in [2.24, 2.45) is 7.05 Å². The van der Waals surface area contributed by atoms with Crippen LogP contribution in [0.2, 0.25) is 0 Å². The molecule has 27 heavy (non-hydrogen) atoms. The number of carbonyl (C=O) groups excluding carboxylic acids is 1. The van der Waals surface area contributed by atoms with Gasteiger partial charge in [-0.2, -0.15) is 5.10 Å². The highest BCUT2D eigenvalue weighted by Gasteiger charge is 2.26. The predicted octanol–water partition coefficient (Wildman–Crippen LogP) is 3.81. The van der Waals surface area contributed by atoms with Crippen molar-refractivity contribution in [3.8, 4) is 0 Å². The van der Waals surface area contributed by atoms with Gasteiger partial charge in [0.25, 0.3) is 0 Å². The van der Waals surface area contributed by atoms with E-state index in [0.717, 1.165) is 41.9 Å². The number of thiophene rings is 1. The van der Waals surface area contributed by atoms with Crippen molar-refractivity contribution in [3.05, 3.63) is 45.9 Å². The molecule has 0 spiro atoms. The number of rotatable bonds is 4. The van der Waals surface area contributed by atoms with Gasteiger partial charge in [0.2, 0.25) is 0 Å². The number of carbonyl (C=O) groups is 1. The van der Waals surface area contributed by atoms with Gasteiger partial charge in [-0.25, -0.2) is 9.78 Å². The van der Waals surface area contributed by atoms with Gasteiger partial charge in [0.15, 0.2) is 5.65 Å². The van der Waals surface area contributed by atoms with Crippen molar-refractivity contribution in [1.82, 2.24) is 14.8 Å². The van der Waals surface area contributed by atoms with Crippen LogP contribution < -0.4 is 4.90 Å². The second kappa shape index (κ2) is 7.15. The fraction of sp³-hybridized carbons (Fsp3) is 0.350. The first-order chi connectivity index (χ1) is 13.1. The van der Waals surface area contributed by atoms with Crippen LogP contribution in [0.4, 0.5) is 5.69 Å². The number of anilines is 1. The number of aromatic nitrogens is 3. The molecule has 4 heterocycles. The van der Waals surface area contributed by atoms with Crippen molar-refractivity contribution in [1.29, 1.82) is 0 Å². The van der Waals surface area contributed by atoms with Crippen LogP contribution in [0.15, 0.2) is 29.8 Å². The zero-order chi connectivity index (χ0) is 19.0. The summed E-state index contributed by atoms with van der Waals surface area (Å²) in [7, 11) is 1.88. The Kier molecular flexibility index (Phi) is 4.70. The first-order valence-corrected chi connectivity index (χ1v) is 9.95. The van der Waals surface area contributed by atoms with E-state index in [-0.39, 0.29) is 5.97 Å². The van der Waals surface area contributed by atoms with Crippen molar-refractivity contribution in [2.75, 3.05) is 24.6 Å². The molecule has 0 saturated heterocycles. The maximum Gasteiger partial charge on any atom is 0.341 e. The summed E-state index contributed by atoms with van der Waals surface area (Å²) in [5, 5.41) is 7.54. The van der Waals surface area contributed by atoms with Crippen LogP contribution >= 0.6 is 11.3 Å². The Hall–Kier alpha value is -2.67. The number of hydrogen-bond acceptors (Lipinski definition) is 6. The van der Waals surface area contributed by atoms with Crippen LogP contribution in [0.25, 0.3) is 16.6 Å². The Morgan fingerprint density at radius 3 is 2.93 bits per heavy atom. The molecule has 0 radical (unpaired) electrons. The Morgan fingerprint density at radius 2 is 2.26 bits per heavy atom. The summed E-state index contributed by atoms with van der Waals surface area (Å²) < 4.78 is 7.05. The minimum absolute atomic E-state index is 0.335. The molecule has 0 atom stereocenters. The fourth-order valence-corrected chi connectivity index (χ4v) is 4.43. The molecule has 0 aliphatic carbocycles. The summed E-state index contributed by atoms with van der Waals surface area (Å²) in [5.74, 6) is -0.335. The zero-order valence-electron chi connectivity index (χ0n) is 15.7. The molecule has 0 N–H and O–H groups in total. The number of hydrogen-bond donors (Lipinski definition) is 0. The summed E-state index contributed by atoms with van der Waals surface area (Å²) in [6.07, 6.45) is 4.81. The molecular weight excluding hydrogens is 360 g/mol. The fourth-order valence-electron chi connectivity index (χ4n) is 3.64. The van der Waals surface area contributed by atoms with E-state index in [4.69, 9.17) is 4.74 Å². The van der Waals surface area contributed by atoms with Crippen molar-refractivity contribution < 1.29 is 9.53 Å². The summed E-state index contributed by atoms with van der Waals surface area (Å²) in [5.41, 5.74) is 4.41. The number of nitrogens with zero attached hydrogens (tertiary/aromatic N) is 4. The lowest BCUT2D eigenvalue weighted by molar-refractivity contribution is 0.0527. The van der Waals surface area contributed by atoms with Gasteiger partial charge in [0, 0.05) is 31.2 Å². The molecule has 3 aromatic rings. The van der Waals surface area contributed by atoms with Gasteiger partial charge in [-0.3, -0.25) is 4.68 Å². The first kappa shape index (κ1) is 17.7. The van der Waals surface area contributed by atoms with Crippen LogP contribution in [0, 0.1) is 6.92 Å². The number of pyridine rings is 1. The normalized spacial score (nSPS) is 14.5. The van der Waals surface area contributed by atoms with Crippen LogP contribution in [-0.2, 0) is 11.8 Å². The monoisotopic (exact) mass is 382 g/mol. The quantitative estimate of drug-likeness (QED) is 0.642. The third-order valence-electron chi connectivity index (χ3n) is 4.86. The highest BCUT2D eigenvalue weighted by atomic mass is 32.1. The average molecular weight is 382 g/mol. The molecule has 140 valence electrons. The second-order valence-corrected chi connectivity index (χ2v) is 7.50. The SMILES string of the molecule is CCOC(=O)c1cnc2c(c(C)nn2C)c1N1CC=C(c2cccs2)CC1. The maximum absolute atomic E-state index is 12.6. The van der Waals surface area contributed by atoms with E-state index < -0.39 is 0 Å². The van der Waals surface area contributed by atoms with Gasteiger partial charge in [-0.15, -0.1) is 11.3 Å². The highest BCUT2D eigenvalue weighted by molar-refractivity contribution is 7.11. The molecule has 1 aliphatic heterocycles. The Bertz CT molecular complexity index is 1020. The van der Waals surface area contributed by atoms with E-state index in [0.29, 0.717) is 12.2 Å². The van der Waals surface area contributed by atoms with E-state index in [1.807, 2.05) is 20.9 Å². The summed E-state index contributed by atoms with van der Waals surface area (Å²) in [4.78, 5) is 20.6. The number of esters is 1. The largest absolute Gasteiger partial charge is 0.462 e. The smallest absolute Gasteiger partial charge is 0.341 e. The Labute approximate surface area is 162 Å². The molecule has 0 fully saturated rings. The molecule has 0 aromatic carbocycles. The van der Waals surface area contributed by atoms with Gasteiger partial charge in [-0.1, -0.05) is 12.1 Å². The molecule has 6 nitrogen and oxygen atoms in total. The second-order valence-electron chi connectivity index (χ2n) is 6.55. The predicted molar refractivity (Wildman–Crippen MR) is 108 cm³/mol. The summed E-state index contributed by atoms with van der Waals surface area (Å²) >= 11 is 1.77. The molecule has 0 unspecified atom stereocenters. The summed E-state index contributed by atoms with van der Waals surface area (Å²) in [6, 6.07) is 4.24. The van der Waals surface area contributed by atoms with Crippen LogP contribution in [0.5, 0.6) is 0 Å². The van der Waals surface area contributed by atoms with Crippen LogP contribution in [0.3, 0.4) is 0 Å². The third kappa shape index (κ3) is 3.12. The lowest BCUT2D eigenvalue weighted by atomic mass is 10.0. The number of fused-ring (bicyclic) bond motifs is 1. The minimum Gasteiger partial charge on any atom is -0.462 e. The van der Waals surface area contributed by atoms with Crippen molar-refractivity contribution in [3.63, 3.8) is 0 Å². The van der Waals surface area contributed by atoms with Gasteiger partial charge in [0.05, 0.1) is 23.4 Å². The molecule has 0 saturated carbocycles. The maximum atomic E-state index is 12.6. The van der Waals surface area contributed by atoms with E-state index in [1.54, 1.807) is 22.2 Å². The molecule has 1 aliphatic rings. The van der Waals surface area contributed by atoms with E-state index in [9.17, 15) is 4.79 Å². The lowest BCUT2D eigenvalue weighted by Gasteiger charge is -2.30. The van der Waals surface area contributed by atoms with E-state index >= 15 is 0 Å². The molecular formula is C20H22N4O2S. The van der Waals surface area contributed by atoms with Gasteiger partial charge in [0.1, 0.15) is 5.56 Å². The van der Waals surface area contributed by atoms with Crippen molar-refractivity contribution >= 4 is 39.6 Å². The third-order valence-corrected chi connectivity index (χ3v) is 5.80. The molecule has 0 amide bonds. The Balaban J connectivity index is 1.80. The van der Waals surface area contributed by atoms with Crippen LogP contribution in [0.1, 0.15) is 34.3 Å². The molecule has 3 aromatic heterocycles. The molecule has 0 bridgehead atoms. The summed E-state index contributed by atoms with van der Waals surface area (Å²) in [6.45, 7) is 5.69. The van der Waals surface area contributed by atoms with Crippen LogP contribution in [-0.4, -0.2) is 40.4 Å². The Morgan fingerprint density at radius 1 is 1.41 bits per heavy atom. The number of ether oxygens (including phenoxy) is 1. The van der Waals surface area contributed by atoms with Crippen molar-refractivity contribution in [2.45, 2.75) is 20.3 Å². The van der Waals surface area contributed by atoms with Gasteiger partial charge < -0.3 is 9.64 Å². The first-order valence-electron chi connectivity index (χ1n) is 9.07. The zero-order valence-corrected chi connectivity index (χ0v) is 16.5. The standard InChI is InChI=1S/C20H22N4O2S/c1-4-26-20(25)15-12-21-19-17(13(2)22-23(19)3)18(15)24-9-7-14(8-10-24)16-6-5-11-27-16/h5-7,11-12H,4,8-10H2,1-3H3. The number of aryl methyl sites for hydroxylation is 2. The lowest BCUT2D eigenvalue weighted by Crippen LogP contribution is -2.30. The van der Waals surface area contributed by atoms with Gasteiger partial charge >= 0.3 is 5.97 Å². The highest BCUT2D eigenvalue weighted by Crippen LogP contribution is 2.35. The molecule has 7 heteroatoms. The minimum atomic E-state index is -0.335. The van der Waals surface area contributed by atoms with E-state index in [1.165, 1.54) is 10.5 Å². The van der Waals surface area contributed by atoms with Gasteiger partial charge in [-0.05, 0) is 37.3 Å².